The Labute approximate surface area is 299 Å². The van der Waals surface area contributed by atoms with Gasteiger partial charge in [-0.3, -0.25) is 0 Å². The molecule has 51 heavy (non-hydrogen) atoms. The standard InChI is InChI=1S/C47H30N2OS/c1-3-10-31(11-4-1)36-16-9-17-39(27-36)49(38-22-20-33(21-23-38)37-19-18-32-12-7-8-15-35(32)26-37)40-24-25-45-41(28-40)42-29-44-43(30-46(42)51-45)48-47(50-44)34-13-5-2-6-14-34/h1-30H. The number of benzene rings is 8. The molecule has 0 amide bonds. The number of aromatic nitrogens is 1. The van der Waals surface area contributed by atoms with Crippen molar-refractivity contribution in [3.05, 3.63) is 182 Å². The SMILES string of the molecule is c1ccc(-c2cccc(N(c3ccc(-c4ccc5ccccc5c4)cc3)c3ccc4sc5cc6nc(-c7ccccc7)oc6cc5c4c3)c2)cc1. The molecule has 2 heterocycles. The highest BCUT2D eigenvalue weighted by Crippen LogP contribution is 2.43. The third-order valence-corrected chi connectivity index (χ3v) is 10.8. The van der Waals surface area contributed by atoms with Crippen molar-refractivity contribution in [2.45, 2.75) is 0 Å². The van der Waals surface area contributed by atoms with Crippen molar-refractivity contribution in [1.82, 2.24) is 4.98 Å². The lowest BCUT2D eigenvalue weighted by Crippen LogP contribution is -2.10. The molecule has 0 saturated heterocycles. The van der Waals surface area contributed by atoms with Crippen molar-refractivity contribution in [3.63, 3.8) is 0 Å². The van der Waals surface area contributed by atoms with Crippen LogP contribution in [-0.2, 0) is 0 Å². The van der Waals surface area contributed by atoms with Crippen LogP contribution in [0.15, 0.2) is 186 Å². The Morgan fingerprint density at radius 3 is 1.86 bits per heavy atom. The van der Waals surface area contributed by atoms with E-state index in [1.165, 1.54) is 53.2 Å². The molecule has 0 radical (unpaired) electrons. The van der Waals surface area contributed by atoms with E-state index in [-0.39, 0.29) is 0 Å². The van der Waals surface area contributed by atoms with Gasteiger partial charge >= 0.3 is 0 Å². The zero-order valence-electron chi connectivity index (χ0n) is 27.5. The molecule has 0 atom stereocenters. The lowest BCUT2D eigenvalue weighted by molar-refractivity contribution is 0.620. The Balaban J connectivity index is 1.10. The van der Waals surface area contributed by atoms with Crippen molar-refractivity contribution >= 4 is 70.4 Å². The first kappa shape index (κ1) is 29.4. The number of hydrogen-bond acceptors (Lipinski definition) is 4. The van der Waals surface area contributed by atoms with Crippen LogP contribution in [0, 0.1) is 0 Å². The minimum Gasteiger partial charge on any atom is -0.436 e. The summed E-state index contributed by atoms with van der Waals surface area (Å²) in [7, 11) is 0. The van der Waals surface area contributed by atoms with Gasteiger partial charge in [0.2, 0.25) is 5.89 Å². The van der Waals surface area contributed by atoms with E-state index in [1.807, 2.05) is 30.3 Å². The molecule has 0 bridgehead atoms. The first-order valence-corrected chi connectivity index (χ1v) is 17.9. The molecule has 10 rings (SSSR count). The molecule has 2 aromatic heterocycles. The number of fused-ring (bicyclic) bond motifs is 5. The highest BCUT2D eigenvalue weighted by molar-refractivity contribution is 7.25. The Kier molecular flexibility index (Phi) is 7.00. The zero-order chi connectivity index (χ0) is 33.7. The van der Waals surface area contributed by atoms with E-state index in [4.69, 9.17) is 9.40 Å². The van der Waals surface area contributed by atoms with E-state index in [0.29, 0.717) is 5.89 Å². The van der Waals surface area contributed by atoms with E-state index < -0.39 is 0 Å². The van der Waals surface area contributed by atoms with Gasteiger partial charge in [-0.05, 0) is 106 Å². The maximum atomic E-state index is 6.31. The van der Waals surface area contributed by atoms with E-state index in [0.717, 1.165) is 33.7 Å². The number of anilines is 3. The van der Waals surface area contributed by atoms with Crippen LogP contribution in [0.25, 0.3) is 75.8 Å². The van der Waals surface area contributed by atoms with Crippen LogP contribution in [0.1, 0.15) is 0 Å². The molecular weight excluding hydrogens is 641 g/mol. The Bertz CT molecular complexity index is 2850. The molecule has 0 unspecified atom stereocenters. The van der Waals surface area contributed by atoms with Crippen LogP contribution >= 0.6 is 11.3 Å². The summed E-state index contributed by atoms with van der Waals surface area (Å²) in [6, 6.07) is 64.8. The molecule has 0 N–H and O–H groups in total. The molecule has 10 aromatic rings. The fraction of sp³-hybridized carbons (Fsp3) is 0. The third-order valence-electron chi connectivity index (χ3n) is 9.66. The highest BCUT2D eigenvalue weighted by atomic mass is 32.1. The summed E-state index contributed by atoms with van der Waals surface area (Å²) < 4.78 is 8.73. The second-order valence-corrected chi connectivity index (χ2v) is 13.9. The van der Waals surface area contributed by atoms with Gasteiger partial charge in [0.15, 0.2) is 5.58 Å². The number of thiophene rings is 1. The summed E-state index contributed by atoms with van der Waals surface area (Å²) in [6.07, 6.45) is 0. The molecule has 3 nitrogen and oxygen atoms in total. The summed E-state index contributed by atoms with van der Waals surface area (Å²) in [6.45, 7) is 0. The van der Waals surface area contributed by atoms with Crippen molar-refractivity contribution in [2.75, 3.05) is 4.90 Å². The second-order valence-electron chi connectivity index (χ2n) is 12.8. The zero-order valence-corrected chi connectivity index (χ0v) is 28.3. The van der Waals surface area contributed by atoms with Crippen molar-refractivity contribution in [3.8, 4) is 33.7 Å². The van der Waals surface area contributed by atoms with Gasteiger partial charge in [-0.1, -0.05) is 109 Å². The monoisotopic (exact) mass is 670 g/mol. The van der Waals surface area contributed by atoms with Crippen molar-refractivity contribution in [2.24, 2.45) is 0 Å². The molecule has 4 heteroatoms. The maximum absolute atomic E-state index is 6.31. The lowest BCUT2D eigenvalue weighted by atomic mass is 10.0. The smallest absolute Gasteiger partial charge is 0.227 e. The van der Waals surface area contributed by atoms with Gasteiger partial charge in [-0.15, -0.1) is 11.3 Å². The van der Waals surface area contributed by atoms with E-state index in [1.54, 1.807) is 11.3 Å². The van der Waals surface area contributed by atoms with Crippen LogP contribution in [0.5, 0.6) is 0 Å². The van der Waals surface area contributed by atoms with E-state index >= 15 is 0 Å². The van der Waals surface area contributed by atoms with Crippen LogP contribution in [0.2, 0.25) is 0 Å². The average Bonchev–Trinajstić information content (AvgIpc) is 3.78. The molecule has 0 aliphatic heterocycles. The highest BCUT2D eigenvalue weighted by Gasteiger charge is 2.18. The van der Waals surface area contributed by atoms with Gasteiger partial charge in [-0.25, -0.2) is 4.98 Å². The predicted molar refractivity (Wildman–Crippen MR) is 215 cm³/mol. The second kappa shape index (κ2) is 12.1. The van der Waals surface area contributed by atoms with Crippen LogP contribution < -0.4 is 4.90 Å². The van der Waals surface area contributed by atoms with E-state index in [2.05, 4.69) is 157 Å². The maximum Gasteiger partial charge on any atom is 0.227 e. The van der Waals surface area contributed by atoms with Gasteiger partial charge in [0.1, 0.15) is 5.52 Å². The molecule has 8 aromatic carbocycles. The summed E-state index contributed by atoms with van der Waals surface area (Å²) >= 11 is 1.79. The first-order chi connectivity index (χ1) is 25.2. The molecular formula is C47H30N2OS. The molecule has 0 fully saturated rings. The lowest BCUT2D eigenvalue weighted by Gasteiger charge is -2.26. The summed E-state index contributed by atoms with van der Waals surface area (Å²) in [5.41, 5.74) is 10.7. The third kappa shape index (κ3) is 5.34. The number of rotatable bonds is 6. The van der Waals surface area contributed by atoms with E-state index in [9.17, 15) is 0 Å². The fourth-order valence-corrected chi connectivity index (χ4v) is 8.20. The Hall–Kier alpha value is -6.49. The van der Waals surface area contributed by atoms with Crippen LogP contribution in [0.4, 0.5) is 17.1 Å². The topological polar surface area (TPSA) is 29.3 Å². The molecule has 0 saturated carbocycles. The van der Waals surface area contributed by atoms with Gasteiger partial charge in [0.05, 0.1) is 0 Å². The Morgan fingerprint density at radius 1 is 0.412 bits per heavy atom. The van der Waals surface area contributed by atoms with Crippen LogP contribution in [0.3, 0.4) is 0 Å². The number of nitrogens with zero attached hydrogens (tertiary/aromatic N) is 2. The normalized spacial score (nSPS) is 11.5. The predicted octanol–water partition coefficient (Wildman–Crippen LogP) is 13.8. The molecule has 0 aliphatic carbocycles. The molecule has 240 valence electrons. The van der Waals surface area contributed by atoms with Crippen LogP contribution in [-0.4, -0.2) is 4.98 Å². The fourth-order valence-electron chi connectivity index (χ4n) is 7.10. The van der Waals surface area contributed by atoms with Gasteiger partial charge in [0.25, 0.3) is 0 Å². The summed E-state index contributed by atoms with van der Waals surface area (Å²) in [5.74, 6) is 0.643. The average molecular weight is 671 g/mol. The summed E-state index contributed by atoms with van der Waals surface area (Å²) in [5, 5.41) is 4.86. The number of hydrogen-bond donors (Lipinski definition) is 0. The first-order valence-electron chi connectivity index (χ1n) is 17.1. The number of oxazole rings is 1. The molecule has 0 spiro atoms. The Morgan fingerprint density at radius 2 is 1.04 bits per heavy atom. The quantitative estimate of drug-likeness (QED) is 0.176. The minimum absolute atomic E-state index is 0.643. The largest absolute Gasteiger partial charge is 0.436 e. The van der Waals surface area contributed by atoms with Gasteiger partial charge in [-0.2, -0.15) is 0 Å². The van der Waals surface area contributed by atoms with Crippen molar-refractivity contribution in [1.29, 1.82) is 0 Å². The van der Waals surface area contributed by atoms with Crippen molar-refractivity contribution < 1.29 is 4.42 Å². The molecule has 0 aliphatic rings. The summed E-state index contributed by atoms with van der Waals surface area (Å²) in [4.78, 5) is 7.20. The minimum atomic E-state index is 0.643. The van der Waals surface area contributed by atoms with Gasteiger partial charge in [0, 0.05) is 42.8 Å². The van der Waals surface area contributed by atoms with Gasteiger partial charge < -0.3 is 9.32 Å².